The van der Waals surface area contributed by atoms with Crippen LogP contribution in [0.1, 0.15) is 34.0 Å². The summed E-state index contributed by atoms with van der Waals surface area (Å²) in [7, 11) is 0. The standard InChI is InChI=1S/C26H23ClFN3O2/c1-2-18-8-12-23(13-9-18)33-17-20-4-3-5-21(14-20)26(32)29-25-24(27)16-31(30-25)15-19-6-10-22(28)11-7-19/h3-14,16H,2,15,17H2,1H3,(H,29,30,32). The molecular weight excluding hydrogens is 441 g/mol. The summed E-state index contributed by atoms with van der Waals surface area (Å²) in [5.41, 5.74) is 3.46. The van der Waals surface area contributed by atoms with Gasteiger partial charge in [-0.25, -0.2) is 4.39 Å². The van der Waals surface area contributed by atoms with Gasteiger partial charge in [-0.3, -0.25) is 9.48 Å². The number of aryl methyl sites for hydroxylation is 1. The Morgan fingerprint density at radius 1 is 1.03 bits per heavy atom. The molecule has 1 heterocycles. The molecule has 0 unspecified atom stereocenters. The first-order valence-electron chi connectivity index (χ1n) is 10.6. The summed E-state index contributed by atoms with van der Waals surface area (Å²) in [6.07, 6.45) is 2.60. The molecule has 0 aliphatic carbocycles. The number of benzene rings is 3. The van der Waals surface area contributed by atoms with Gasteiger partial charge in [-0.1, -0.05) is 54.9 Å². The molecule has 33 heavy (non-hydrogen) atoms. The lowest BCUT2D eigenvalue weighted by molar-refractivity contribution is 0.102. The summed E-state index contributed by atoms with van der Waals surface area (Å²) in [6, 6.07) is 21.3. The van der Waals surface area contributed by atoms with E-state index in [0.29, 0.717) is 23.7 Å². The van der Waals surface area contributed by atoms with Gasteiger partial charge < -0.3 is 10.1 Å². The van der Waals surface area contributed by atoms with Gasteiger partial charge in [0.1, 0.15) is 23.2 Å². The van der Waals surface area contributed by atoms with Gasteiger partial charge in [0.2, 0.25) is 0 Å². The normalized spacial score (nSPS) is 10.8. The van der Waals surface area contributed by atoms with Crippen LogP contribution in [-0.4, -0.2) is 15.7 Å². The van der Waals surface area contributed by atoms with Crippen molar-refractivity contribution in [1.29, 1.82) is 0 Å². The van der Waals surface area contributed by atoms with Gasteiger partial charge in [-0.05, 0) is 59.5 Å². The number of nitrogens with zero attached hydrogens (tertiary/aromatic N) is 2. The molecule has 0 saturated heterocycles. The van der Waals surface area contributed by atoms with Crippen LogP contribution in [0.5, 0.6) is 5.75 Å². The molecule has 0 aliphatic heterocycles. The average molecular weight is 464 g/mol. The second-order valence-corrected chi connectivity index (χ2v) is 8.00. The molecule has 168 valence electrons. The van der Waals surface area contributed by atoms with Crippen LogP contribution in [0.25, 0.3) is 0 Å². The van der Waals surface area contributed by atoms with Crippen molar-refractivity contribution in [3.63, 3.8) is 0 Å². The van der Waals surface area contributed by atoms with E-state index >= 15 is 0 Å². The SMILES string of the molecule is CCc1ccc(OCc2cccc(C(=O)Nc3nn(Cc4ccc(F)cc4)cc3Cl)c2)cc1. The van der Waals surface area contributed by atoms with E-state index in [1.165, 1.54) is 17.7 Å². The Morgan fingerprint density at radius 2 is 1.76 bits per heavy atom. The van der Waals surface area contributed by atoms with E-state index in [0.717, 1.165) is 23.3 Å². The maximum absolute atomic E-state index is 13.1. The van der Waals surface area contributed by atoms with Crippen molar-refractivity contribution >= 4 is 23.3 Å². The Hall–Kier alpha value is -3.64. The molecule has 0 aliphatic rings. The number of carbonyl (C=O) groups excluding carboxylic acids is 1. The molecule has 4 rings (SSSR count). The third kappa shape index (κ3) is 5.99. The Morgan fingerprint density at radius 3 is 2.48 bits per heavy atom. The average Bonchev–Trinajstić information content (AvgIpc) is 3.18. The van der Waals surface area contributed by atoms with Crippen LogP contribution >= 0.6 is 11.6 Å². The van der Waals surface area contributed by atoms with Crippen LogP contribution in [0.4, 0.5) is 10.2 Å². The van der Waals surface area contributed by atoms with Crippen molar-refractivity contribution < 1.29 is 13.9 Å². The van der Waals surface area contributed by atoms with Crippen LogP contribution in [-0.2, 0) is 19.6 Å². The Bertz CT molecular complexity index is 1240. The first kappa shape index (κ1) is 22.6. The van der Waals surface area contributed by atoms with Gasteiger partial charge in [-0.2, -0.15) is 5.10 Å². The molecule has 0 radical (unpaired) electrons. The van der Waals surface area contributed by atoms with Gasteiger partial charge in [0.15, 0.2) is 5.82 Å². The lowest BCUT2D eigenvalue weighted by Crippen LogP contribution is -2.13. The topological polar surface area (TPSA) is 56.1 Å². The van der Waals surface area contributed by atoms with Crippen molar-refractivity contribution in [3.05, 3.63) is 112 Å². The molecule has 3 aromatic carbocycles. The quantitative estimate of drug-likeness (QED) is 0.342. The fourth-order valence-electron chi connectivity index (χ4n) is 3.31. The minimum Gasteiger partial charge on any atom is -0.489 e. The van der Waals surface area contributed by atoms with Crippen molar-refractivity contribution in [1.82, 2.24) is 9.78 Å². The molecule has 4 aromatic rings. The number of anilines is 1. The number of carbonyl (C=O) groups is 1. The van der Waals surface area contributed by atoms with E-state index in [4.69, 9.17) is 16.3 Å². The summed E-state index contributed by atoms with van der Waals surface area (Å²) in [6.45, 7) is 2.86. The van der Waals surface area contributed by atoms with E-state index in [-0.39, 0.29) is 17.5 Å². The minimum absolute atomic E-state index is 0.265. The largest absolute Gasteiger partial charge is 0.489 e. The van der Waals surface area contributed by atoms with Gasteiger partial charge in [0, 0.05) is 11.8 Å². The van der Waals surface area contributed by atoms with Crippen molar-refractivity contribution in [3.8, 4) is 5.75 Å². The number of hydrogen-bond acceptors (Lipinski definition) is 3. The van der Waals surface area contributed by atoms with Crippen LogP contribution in [0.2, 0.25) is 5.02 Å². The Labute approximate surface area is 196 Å². The number of nitrogens with one attached hydrogen (secondary N) is 1. The molecule has 1 aromatic heterocycles. The summed E-state index contributed by atoms with van der Waals surface area (Å²) >= 11 is 6.26. The smallest absolute Gasteiger partial charge is 0.256 e. The number of halogens is 2. The molecule has 7 heteroatoms. The summed E-state index contributed by atoms with van der Waals surface area (Å²) in [5.74, 6) is 0.423. The highest BCUT2D eigenvalue weighted by Gasteiger charge is 2.13. The highest BCUT2D eigenvalue weighted by atomic mass is 35.5. The zero-order chi connectivity index (χ0) is 23.2. The minimum atomic E-state index is -0.321. The fraction of sp³-hybridized carbons (Fsp3) is 0.154. The van der Waals surface area contributed by atoms with Gasteiger partial charge in [-0.15, -0.1) is 0 Å². The zero-order valence-electron chi connectivity index (χ0n) is 18.1. The lowest BCUT2D eigenvalue weighted by atomic mass is 10.1. The van der Waals surface area contributed by atoms with Crippen molar-refractivity contribution in [2.24, 2.45) is 0 Å². The number of aromatic nitrogens is 2. The predicted molar refractivity (Wildman–Crippen MR) is 127 cm³/mol. The van der Waals surface area contributed by atoms with E-state index < -0.39 is 0 Å². The summed E-state index contributed by atoms with van der Waals surface area (Å²) < 4.78 is 20.5. The number of hydrogen-bond donors (Lipinski definition) is 1. The number of amides is 1. The lowest BCUT2D eigenvalue weighted by Gasteiger charge is -2.09. The first-order valence-corrected chi connectivity index (χ1v) is 11.0. The Kier molecular flexibility index (Phi) is 7.05. The van der Waals surface area contributed by atoms with E-state index in [9.17, 15) is 9.18 Å². The number of rotatable bonds is 8. The third-order valence-electron chi connectivity index (χ3n) is 5.13. The van der Waals surface area contributed by atoms with Crippen molar-refractivity contribution in [2.75, 3.05) is 5.32 Å². The van der Waals surface area contributed by atoms with E-state index in [1.807, 2.05) is 36.4 Å². The van der Waals surface area contributed by atoms with Crippen LogP contribution in [0.3, 0.4) is 0 Å². The second-order valence-electron chi connectivity index (χ2n) is 7.59. The van der Waals surface area contributed by atoms with Gasteiger partial charge >= 0.3 is 0 Å². The van der Waals surface area contributed by atoms with Gasteiger partial charge in [0.25, 0.3) is 5.91 Å². The monoisotopic (exact) mass is 463 g/mol. The molecule has 0 spiro atoms. The van der Waals surface area contributed by atoms with Crippen LogP contribution in [0.15, 0.2) is 79.0 Å². The van der Waals surface area contributed by atoms with E-state index in [2.05, 4.69) is 17.3 Å². The first-order chi connectivity index (χ1) is 16.0. The molecule has 0 fully saturated rings. The zero-order valence-corrected chi connectivity index (χ0v) is 18.8. The van der Waals surface area contributed by atoms with E-state index in [1.54, 1.807) is 35.1 Å². The molecule has 0 saturated carbocycles. The maximum Gasteiger partial charge on any atom is 0.256 e. The second kappa shape index (κ2) is 10.3. The third-order valence-corrected chi connectivity index (χ3v) is 5.41. The molecule has 1 N–H and O–H groups in total. The van der Waals surface area contributed by atoms with Gasteiger partial charge in [0.05, 0.1) is 6.54 Å². The molecular formula is C26H23ClFN3O2. The number of ether oxygens (including phenoxy) is 1. The highest BCUT2D eigenvalue weighted by Crippen LogP contribution is 2.21. The predicted octanol–water partition coefficient (Wildman–Crippen LogP) is 6.12. The summed E-state index contributed by atoms with van der Waals surface area (Å²) in [5, 5.41) is 7.41. The molecule has 0 atom stereocenters. The summed E-state index contributed by atoms with van der Waals surface area (Å²) in [4.78, 5) is 12.8. The fourth-order valence-corrected chi connectivity index (χ4v) is 3.51. The van der Waals surface area contributed by atoms with Crippen LogP contribution < -0.4 is 10.1 Å². The van der Waals surface area contributed by atoms with Crippen LogP contribution in [0, 0.1) is 5.82 Å². The highest BCUT2D eigenvalue weighted by molar-refractivity contribution is 6.33. The van der Waals surface area contributed by atoms with Crippen molar-refractivity contribution in [2.45, 2.75) is 26.5 Å². The Balaban J connectivity index is 1.39. The maximum atomic E-state index is 13.1. The molecule has 0 bridgehead atoms. The molecule has 5 nitrogen and oxygen atoms in total. The molecule has 1 amide bonds.